The first-order valence-electron chi connectivity index (χ1n) is 9.05. The Morgan fingerprint density at radius 2 is 1.62 bits per heavy atom. The SMILES string of the molecule is C[C@H](C1CCN(C(=O)c2ccc(O)cc2)CC1)N1CCN(C)CC1. The number of hydrogen-bond donors (Lipinski definition) is 1. The van der Waals surface area contributed by atoms with Crippen LogP contribution < -0.4 is 0 Å². The molecule has 0 aromatic heterocycles. The van der Waals surface area contributed by atoms with Gasteiger partial charge in [0.25, 0.3) is 5.91 Å². The third-order valence-electron chi connectivity index (χ3n) is 5.74. The lowest BCUT2D eigenvalue weighted by Gasteiger charge is -2.42. The number of piperazine rings is 1. The molecule has 0 unspecified atom stereocenters. The number of likely N-dealkylation sites (tertiary alicyclic amines) is 1. The van der Waals surface area contributed by atoms with Crippen LogP contribution in [0.4, 0.5) is 0 Å². The summed E-state index contributed by atoms with van der Waals surface area (Å²) < 4.78 is 0. The van der Waals surface area contributed by atoms with Gasteiger partial charge in [-0.15, -0.1) is 0 Å². The molecular weight excluding hydrogens is 302 g/mol. The topological polar surface area (TPSA) is 47.0 Å². The van der Waals surface area contributed by atoms with Gasteiger partial charge in [-0.25, -0.2) is 0 Å². The number of benzene rings is 1. The zero-order chi connectivity index (χ0) is 17.1. The van der Waals surface area contributed by atoms with E-state index in [0.29, 0.717) is 17.5 Å². The maximum absolute atomic E-state index is 12.6. The third-order valence-corrected chi connectivity index (χ3v) is 5.74. The highest BCUT2D eigenvalue weighted by atomic mass is 16.3. The molecule has 5 heteroatoms. The van der Waals surface area contributed by atoms with Crippen LogP contribution in [0.15, 0.2) is 24.3 Å². The van der Waals surface area contributed by atoms with Crippen molar-refractivity contribution in [3.63, 3.8) is 0 Å². The molecule has 1 atom stereocenters. The predicted octanol–water partition coefficient (Wildman–Crippen LogP) is 1.88. The van der Waals surface area contributed by atoms with Crippen molar-refractivity contribution in [2.45, 2.75) is 25.8 Å². The van der Waals surface area contributed by atoms with Crippen LogP contribution >= 0.6 is 0 Å². The zero-order valence-electron chi connectivity index (χ0n) is 14.8. The average molecular weight is 331 g/mol. The van der Waals surface area contributed by atoms with E-state index in [1.807, 2.05) is 4.90 Å². The van der Waals surface area contributed by atoms with Gasteiger partial charge in [0.15, 0.2) is 0 Å². The van der Waals surface area contributed by atoms with Crippen LogP contribution in [0.2, 0.25) is 0 Å². The van der Waals surface area contributed by atoms with E-state index in [2.05, 4.69) is 23.8 Å². The Labute approximate surface area is 144 Å². The van der Waals surface area contributed by atoms with Crippen molar-refractivity contribution < 1.29 is 9.90 Å². The summed E-state index contributed by atoms with van der Waals surface area (Å²) in [4.78, 5) is 19.5. The molecule has 1 amide bonds. The molecule has 0 radical (unpaired) electrons. The molecular formula is C19H29N3O2. The lowest BCUT2D eigenvalue weighted by molar-refractivity contribution is 0.0500. The summed E-state index contributed by atoms with van der Waals surface area (Å²) in [6.07, 6.45) is 2.16. The van der Waals surface area contributed by atoms with Crippen LogP contribution in [0, 0.1) is 5.92 Å². The van der Waals surface area contributed by atoms with Gasteiger partial charge in [-0.2, -0.15) is 0 Å². The second-order valence-corrected chi connectivity index (χ2v) is 7.26. The number of piperidine rings is 1. The van der Waals surface area contributed by atoms with Crippen molar-refractivity contribution in [3.05, 3.63) is 29.8 Å². The minimum Gasteiger partial charge on any atom is -0.508 e. The Kier molecular flexibility index (Phi) is 5.41. The van der Waals surface area contributed by atoms with Crippen molar-refractivity contribution in [1.29, 1.82) is 0 Å². The van der Waals surface area contributed by atoms with Crippen molar-refractivity contribution >= 4 is 5.91 Å². The van der Waals surface area contributed by atoms with Gasteiger partial charge in [-0.05, 0) is 57.0 Å². The molecule has 1 aromatic rings. The molecule has 2 heterocycles. The van der Waals surface area contributed by atoms with Crippen molar-refractivity contribution in [1.82, 2.24) is 14.7 Å². The van der Waals surface area contributed by atoms with Crippen LogP contribution in [0.1, 0.15) is 30.1 Å². The minimum atomic E-state index is 0.0840. The van der Waals surface area contributed by atoms with Gasteiger partial charge in [-0.3, -0.25) is 9.69 Å². The van der Waals surface area contributed by atoms with E-state index in [0.717, 1.165) is 52.1 Å². The second-order valence-electron chi connectivity index (χ2n) is 7.26. The Morgan fingerprint density at radius 3 is 2.21 bits per heavy atom. The van der Waals surface area contributed by atoms with Crippen LogP contribution in [0.5, 0.6) is 5.75 Å². The van der Waals surface area contributed by atoms with Gasteiger partial charge in [0.1, 0.15) is 5.75 Å². The summed E-state index contributed by atoms with van der Waals surface area (Å²) in [7, 11) is 2.19. The van der Waals surface area contributed by atoms with Crippen molar-refractivity contribution in [2.75, 3.05) is 46.3 Å². The molecule has 0 aliphatic carbocycles. The van der Waals surface area contributed by atoms with E-state index in [4.69, 9.17) is 0 Å². The van der Waals surface area contributed by atoms with Crippen LogP contribution in [0.25, 0.3) is 0 Å². The monoisotopic (exact) mass is 331 g/mol. The molecule has 0 saturated carbocycles. The number of carbonyl (C=O) groups is 1. The number of rotatable bonds is 3. The summed E-state index contributed by atoms with van der Waals surface area (Å²) >= 11 is 0. The Balaban J connectivity index is 1.51. The number of aromatic hydroxyl groups is 1. The van der Waals surface area contributed by atoms with Gasteiger partial charge in [-0.1, -0.05) is 0 Å². The molecule has 2 aliphatic heterocycles. The smallest absolute Gasteiger partial charge is 0.253 e. The van der Waals surface area contributed by atoms with Gasteiger partial charge in [0.2, 0.25) is 0 Å². The van der Waals surface area contributed by atoms with Crippen molar-refractivity contribution in [2.24, 2.45) is 5.92 Å². The summed E-state index contributed by atoms with van der Waals surface area (Å²) in [5.74, 6) is 0.962. The standard InChI is InChI=1S/C19H29N3O2/c1-15(21-13-11-20(2)12-14-21)16-7-9-22(10-8-16)19(24)17-3-5-18(23)6-4-17/h3-6,15-16,23H,7-14H2,1-2H3/t15-/m1/s1. The Hall–Kier alpha value is -1.59. The van der Waals surface area contributed by atoms with Gasteiger partial charge < -0.3 is 14.9 Å². The summed E-state index contributed by atoms with van der Waals surface area (Å²) in [5, 5.41) is 9.35. The van der Waals surface area contributed by atoms with Crippen LogP contribution in [-0.4, -0.2) is 78.1 Å². The average Bonchev–Trinajstić information content (AvgIpc) is 2.62. The Bertz CT molecular complexity index is 544. The first kappa shape index (κ1) is 17.2. The molecule has 1 aromatic carbocycles. The number of carbonyl (C=O) groups excluding carboxylic acids is 1. The Morgan fingerprint density at radius 1 is 1.04 bits per heavy atom. The number of phenols is 1. The first-order valence-corrected chi connectivity index (χ1v) is 9.05. The lowest BCUT2D eigenvalue weighted by atomic mass is 9.88. The maximum atomic E-state index is 12.6. The summed E-state index contributed by atoms with van der Waals surface area (Å²) in [6, 6.07) is 7.17. The van der Waals surface area contributed by atoms with Crippen LogP contribution in [-0.2, 0) is 0 Å². The third kappa shape index (κ3) is 3.90. The van der Waals surface area contributed by atoms with Gasteiger partial charge in [0, 0.05) is 50.9 Å². The van der Waals surface area contributed by atoms with E-state index in [-0.39, 0.29) is 11.7 Å². The molecule has 0 bridgehead atoms. The molecule has 1 N–H and O–H groups in total. The molecule has 5 nitrogen and oxygen atoms in total. The number of hydrogen-bond acceptors (Lipinski definition) is 4. The minimum absolute atomic E-state index is 0.0840. The largest absolute Gasteiger partial charge is 0.508 e. The van der Waals surface area contributed by atoms with E-state index in [1.54, 1.807) is 24.3 Å². The molecule has 132 valence electrons. The molecule has 2 saturated heterocycles. The highest BCUT2D eigenvalue weighted by molar-refractivity contribution is 5.94. The molecule has 2 aliphatic rings. The van der Waals surface area contributed by atoms with E-state index < -0.39 is 0 Å². The first-order chi connectivity index (χ1) is 11.5. The second kappa shape index (κ2) is 7.53. The highest BCUT2D eigenvalue weighted by Gasteiger charge is 2.30. The summed E-state index contributed by atoms with van der Waals surface area (Å²) in [5.41, 5.74) is 0.665. The maximum Gasteiger partial charge on any atom is 0.253 e. The molecule has 2 fully saturated rings. The lowest BCUT2D eigenvalue weighted by Crippen LogP contribution is -2.52. The number of likely N-dealkylation sites (N-methyl/N-ethyl adjacent to an activating group) is 1. The van der Waals surface area contributed by atoms with Gasteiger partial charge >= 0.3 is 0 Å². The zero-order valence-corrected chi connectivity index (χ0v) is 14.8. The van der Waals surface area contributed by atoms with Crippen molar-refractivity contribution in [3.8, 4) is 5.75 Å². The molecule has 24 heavy (non-hydrogen) atoms. The quantitative estimate of drug-likeness (QED) is 0.919. The number of amides is 1. The molecule has 3 rings (SSSR count). The highest BCUT2D eigenvalue weighted by Crippen LogP contribution is 2.26. The fraction of sp³-hybridized carbons (Fsp3) is 0.632. The number of phenolic OH excluding ortho intramolecular Hbond substituents is 1. The normalized spacial score (nSPS) is 22.5. The van der Waals surface area contributed by atoms with Gasteiger partial charge in [0.05, 0.1) is 0 Å². The fourth-order valence-corrected chi connectivity index (χ4v) is 3.90. The molecule has 0 spiro atoms. The predicted molar refractivity (Wildman–Crippen MR) is 95.3 cm³/mol. The fourth-order valence-electron chi connectivity index (χ4n) is 3.90. The van der Waals surface area contributed by atoms with E-state index >= 15 is 0 Å². The van der Waals surface area contributed by atoms with Crippen LogP contribution in [0.3, 0.4) is 0 Å². The number of nitrogens with zero attached hydrogens (tertiary/aromatic N) is 3. The summed E-state index contributed by atoms with van der Waals surface area (Å²) in [6.45, 7) is 8.65. The van der Waals surface area contributed by atoms with E-state index in [9.17, 15) is 9.90 Å². The van der Waals surface area contributed by atoms with E-state index in [1.165, 1.54) is 0 Å².